The van der Waals surface area contributed by atoms with Crippen molar-refractivity contribution in [3.8, 4) is 11.1 Å². The summed E-state index contributed by atoms with van der Waals surface area (Å²) in [7, 11) is 0. The van der Waals surface area contributed by atoms with Gasteiger partial charge < -0.3 is 5.32 Å². The van der Waals surface area contributed by atoms with Gasteiger partial charge in [0, 0.05) is 29.6 Å². The molecule has 2 aliphatic rings. The van der Waals surface area contributed by atoms with Crippen LogP contribution in [0.3, 0.4) is 0 Å². The quantitative estimate of drug-likeness (QED) is 0.760. The maximum absolute atomic E-state index is 4.63. The molecule has 0 unspecified atom stereocenters. The monoisotopic (exact) mass is 350 g/mol. The zero-order valence-corrected chi connectivity index (χ0v) is 15.0. The molecule has 5 rings (SSSR count). The van der Waals surface area contributed by atoms with Gasteiger partial charge in [0.15, 0.2) is 0 Å². The van der Waals surface area contributed by atoms with E-state index in [1.165, 1.54) is 55.3 Å². The van der Waals surface area contributed by atoms with Crippen LogP contribution in [-0.4, -0.2) is 40.0 Å². The molecule has 2 aliphatic heterocycles. The SMILES string of the molecule is c1ccc(-c2csc3ncnc(N[C@H]4CCN5CCCC[C@@H]45)c23)cc1. The fourth-order valence-electron chi connectivity index (χ4n) is 4.41. The van der Waals surface area contributed by atoms with E-state index in [0.717, 1.165) is 10.6 Å². The molecule has 4 nitrogen and oxygen atoms in total. The largest absolute Gasteiger partial charge is 0.365 e. The summed E-state index contributed by atoms with van der Waals surface area (Å²) in [5.74, 6) is 1.00. The Morgan fingerprint density at radius 2 is 1.96 bits per heavy atom. The maximum Gasteiger partial charge on any atom is 0.139 e. The Kier molecular flexibility index (Phi) is 3.91. The van der Waals surface area contributed by atoms with Gasteiger partial charge in [0.2, 0.25) is 0 Å². The van der Waals surface area contributed by atoms with E-state index in [1.807, 2.05) is 0 Å². The zero-order valence-electron chi connectivity index (χ0n) is 14.2. The van der Waals surface area contributed by atoms with E-state index >= 15 is 0 Å². The van der Waals surface area contributed by atoms with Crippen molar-refractivity contribution in [2.24, 2.45) is 0 Å². The molecule has 25 heavy (non-hydrogen) atoms. The van der Waals surface area contributed by atoms with Crippen LogP contribution < -0.4 is 5.32 Å². The number of benzene rings is 1. The van der Waals surface area contributed by atoms with Crippen LogP contribution in [0.25, 0.3) is 21.3 Å². The van der Waals surface area contributed by atoms with Crippen molar-refractivity contribution < 1.29 is 0 Å². The summed E-state index contributed by atoms with van der Waals surface area (Å²) in [4.78, 5) is 12.9. The first kappa shape index (κ1) is 15.3. The third-order valence-electron chi connectivity index (χ3n) is 5.63. The Bertz CT molecular complexity index is 876. The Balaban J connectivity index is 1.52. The molecule has 1 aromatic carbocycles. The molecule has 3 aromatic rings. The van der Waals surface area contributed by atoms with Crippen LogP contribution in [0.1, 0.15) is 25.7 Å². The molecule has 5 heteroatoms. The van der Waals surface area contributed by atoms with Crippen LogP contribution in [0.4, 0.5) is 5.82 Å². The second-order valence-corrected chi connectivity index (χ2v) is 7.91. The van der Waals surface area contributed by atoms with Crippen LogP contribution in [0.5, 0.6) is 0 Å². The normalized spacial score (nSPS) is 23.7. The number of nitrogens with one attached hydrogen (secondary N) is 1. The molecule has 0 radical (unpaired) electrons. The summed E-state index contributed by atoms with van der Waals surface area (Å²) < 4.78 is 0. The first-order valence-corrected chi connectivity index (χ1v) is 10.1. The number of anilines is 1. The molecule has 0 aliphatic carbocycles. The van der Waals surface area contributed by atoms with Gasteiger partial charge in [0.05, 0.1) is 5.39 Å². The predicted molar refractivity (Wildman–Crippen MR) is 104 cm³/mol. The summed E-state index contributed by atoms with van der Waals surface area (Å²) in [6.45, 7) is 2.47. The van der Waals surface area contributed by atoms with Crippen LogP contribution in [0.2, 0.25) is 0 Å². The number of hydrogen-bond donors (Lipinski definition) is 1. The van der Waals surface area contributed by atoms with Crippen molar-refractivity contribution in [2.75, 3.05) is 18.4 Å². The van der Waals surface area contributed by atoms with Crippen LogP contribution in [0.15, 0.2) is 42.0 Å². The highest BCUT2D eigenvalue weighted by Crippen LogP contribution is 2.38. The topological polar surface area (TPSA) is 41.1 Å². The van der Waals surface area contributed by atoms with Gasteiger partial charge in [-0.15, -0.1) is 11.3 Å². The molecule has 4 heterocycles. The molecule has 2 aromatic heterocycles. The molecular weight excluding hydrogens is 328 g/mol. The van der Waals surface area contributed by atoms with Gasteiger partial charge in [-0.1, -0.05) is 36.8 Å². The second-order valence-electron chi connectivity index (χ2n) is 7.06. The fraction of sp³-hybridized carbons (Fsp3) is 0.400. The summed E-state index contributed by atoms with van der Waals surface area (Å²) >= 11 is 1.70. The lowest BCUT2D eigenvalue weighted by Gasteiger charge is -2.32. The van der Waals surface area contributed by atoms with Crippen molar-refractivity contribution in [3.63, 3.8) is 0 Å². The number of fused-ring (bicyclic) bond motifs is 2. The van der Waals surface area contributed by atoms with Crippen molar-refractivity contribution in [2.45, 2.75) is 37.8 Å². The molecule has 0 bridgehead atoms. The summed E-state index contributed by atoms with van der Waals surface area (Å²) in [6, 6.07) is 11.7. The predicted octanol–water partition coefficient (Wildman–Crippen LogP) is 4.40. The highest BCUT2D eigenvalue weighted by atomic mass is 32.1. The van der Waals surface area contributed by atoms with E-state index in [-0.39, 0.29) is 0 Å². The highest BCUT2D eigenvalue weighted by molar-refractivity contribution is 7.17. The van der Waals surface area contributed by atoms with Crippen LogP contribution in [-0.2, 0) is 0 Å². The van der Waals surface area contributed by atoms with E-state index in [2.05, 4.69) is 55.9 Å². The Labute approximate surface area is 151 Å². The number of aromatic nitrogens is 2. The molecule has 0 saturated carbocycles. The van der Waals surface area contributed by atoms with Gasteiger partial charge in [-0.25, -0.2) is 9.97 Å². The third kappa shape index (κ3) is 2.71. The van der Waals surface area contributed by atoms with Crippen LogP contribution in [0, 0.1) is 0 Å². The maximum atomic E-state index is 4.63. The minimum atomic E-state index is 0.502. The van der Waals surface area contributed by atoms with Crippen molar-refractivity contribution in [1.29, 1.82) is 0 Å². The average Bonchev–Trinajstić information content (AvgIpc) is 3.28. The van der Waals surface area contributed by atoms with Crippen molar-refractivity contribution >= 4 is 27.4 Å². The van der Waals surface area contributed by atoms with Gasteiger partial charge in [-0.05, 0) is 31.4 Å². The van der Waals surface area contributed by atoms with Gasteiger partial charge in [-0.3, -0.25) is 4.90 Å². The fourth-order valence-corrected chi connectivity index (χ4v) is 5.32. The van der Waals surface area contributed by atoms with E-state index in [0.29, 0.717) is 12.1 Å². The van der Waals surface area contributed by atoms with Gasteiger partial charge in [0.1, 0.15) is 17.0 Å². The standard InChI is InChI=1S/C20H22N4S/c1-2-6-14(7-3-1)15-12-25-20-18(15)19(21-13-22-20)23-16-9-11-24-10-5-4-8-17(16)24/h1-3,6-7,12-13,16-17H,4-5,8-11H2,(H,21,22,23)/t16-,17-/m0/s1. The summed E-state index contributed by atoms with van der Waals surface area (Å²) in [5, 5.41) is 7.18. The average molecular weight is 350 g/mol. The third-order valence-corrected chi connectivity index (χ3v) is 6.52. The van der Waals surface area contributed by atoms with E-state index in [1.54, 1.807) is 17.7 Å². The first-order valence-electron chi connectivity index (χ1n) is 9.18. The van der Waals surface area contributed by atoms with Gasteiger partial charge in [0.25, 0.3) is 0 Å². The molecule has 1 N–H and O–H groups in total. The highest BCUT2D eigenvalue weighted by Gasteiger charge is 2.35. The Morgan fingerprint density at radius 1 is 1.04 bits per heavy atom. The van der Waals surface area contributed by atoms with E-state index in [4.69, 9.17) is 0 Å². The number of rotatable bonds is 3. The molecule has 128 valence electrons. The lowest BCUT2D eigenvalue weighted by molar-refractivity contribution is 0.192. The van der Waals surface area contributed by atoms with E-state index in [9.17, 15) is 0 Å². The molecular formula is C20H22N4S. The molecule has 2 atom stereocenters. The van der Waals surface area contributed by atoms with Gasteiger partial charge in [-0.2, -0.15) is 0 Å². The Hall–Kier alpha value is -1.98. The van der Waals surface area contributed by atoms with Crippen molar-refractivity contribution in [3.05, 3.63) is 42.0 Å². The minimum Gasteiger partial charge on any atom is -0.365 e. The molecule has 0 spiro atoms. The summed E-state index contributed by atoms with van der Waals surface area (Å²) in [6.07, 6.45) is 6.92. The number of piperidine rings is 1. The zero-order chi connectivity index (χ0) is 16.6. The first-order chi connectivity index (χ1) is 12.4. The Morgan fingerprint density at radius 3 is 2.88 bits per heavy atom. The molecule has 2 saturated heterocycles. The second kappa shape index (κ2) is 6.39. The van der Waals surface area contributed by atoms with Crippen molar-refractivity contribution in [1.82, 2.24) is 14.9 Å². The summed E-state index contributed by atoms with van der Waals surface area (Å²) in [5.41, 5.74) is 2.47. The molecule has 0 amide bonds. The number of hydrogen-bond acceptors (Lipinski definition) is 5. The smallest absolute Gasteiger partial charge is 0.139 e. The number of thiophene rings is 1. The molecule has 2 fully saturated rings. The van der Waals surface area contributed by atoms with Crippen LogP contribution >= 0.6 is 11.3 Å². The van der Waals surface area contributed by atoms with E-state index < -0.39 is 0 Å². The van der Waals surface area contributed by atoms with Gasteiger partial charge >= 0.3 is 0 Å². The number of nitrogens with zero attached hydrogens (tertiary/aromatic N) is 3. The minimum absolute atomic E-state index is 0.502. The lowest BCUT2D eigenvalue weighted by atomic mass is 9.99. The lowest BCUT2D eigenvalue weighted by Crippen LogP contribution is -2.41.